The second-order valence-electron chi connectivity index (χ2n) is 5.20. The molecule has 1 unspecified atom stereocenters. The van der Waals surface area contributed by atoms with Crippen LogP contribution in [0.3, 0.4) is 0 Å². The molecule has 1 N–H and O–H groups in total. The van der Waals surface area contributed by atoms with Crippen molar-refractivity contribution in [1.82, 2.24) is 9.78 Å². The molecule has 0 aromatic carbocycles. The SMILES string of the molecule is COC(=O)C(Cc1ccn(C2CCCCC2)n1)C(=O)O. The number of aliphatic carboxylic acids is 1. The Labute approximate surface area is 117 Å². The summed E-state index contributed by atoms with van der Waals surface area (Å²) in [6.45, 7) is 0. The summed E-state index contributed by atoms with van der Waals surface area (Å²) in [7, 11) is 1.19. The number of carbonyl (C=O) groups excluding carboxylic acids is 1. The molecule has 1 fully saturated rings. The Morgan fingerprint density at radius 2 is 2.15 bits per heavy atom. The van der Waals surface area contributed by atoms with Crippen LogP contribution in [0, 0.1) is 5.92 Å². The molecule has 1 heterocycles. The van der Waals surface area contributed by atoms with Gasteiger partial charge < -0.3 is 9.84 Å². The lowest BCUT2D eigenvalue weighted by Crippen LogP contribution is -2.27. The van der Waals surface area contributed by atoms with Crippen molar-refractivity contribution >= 4 is 11.9 Å². The molecule has 6 nitrogen and oxygen atoms in total. The van der Waals surface area contributed by atoms with E-state index in [1.54, 1.807) is 6.07 Å². The molecule has 2 rings (SSSR count). The Hall–Kier alpha value is -1.85. The van der Waals surface area contributed by atoms with Crippen LogP contribution in [-0.4, -0.2) is 33.9 Å². The first-order chi connectivity index (χ1) is 9.61. The van der Waals surface area contributed by atoms with Crippen LogP contribution in [-0.2, 0) is 20.7 Å². The maximum Gasteiger partial charge on any atom is 0.320 e. The molecular formula is C14H20N2O4. The van der Waals surface area contributed by atoms with Crippen molar-refractivity contribution in [3.63, 3.8) is 0 Å². The van der Waals surface area contributed by atoms with Gasteiger partial charge in [-0.1, -0.05) is 19.3 Å². The van der Waals surface area contributed by atoms with Gasteiger partial charge >= 0.3 is 11.9 Å². The van der Waals surface area contributed by atoms with Crippen LogP contribution in [0.25, 0.3) is 0 Å². The van der Waals surface area contributed by atoms with E-state index in [1.807, 2.05) is 10.9 Å². The molecule has 1 saturated carbocycles. The molecule has 1 atom stereocenters. The van der Waals surface area contributed by atoms with Gasteiger partial charge in [0.25, 0.3) is 0 Å². The quantitative estimate of drug-likeness (QED) is 0.657. The van der Waals surface area contributed by atoms with Crippen molar-refractivity contribution < 1.29 is 19.4 Å². The Bertz CT molecular complexity index is 477. The number of carboxylic acids is 1. The number of aromatic nitrogens is 2. The number of hydrogen-bond acceptors (Lipinski definition) is 4. The topological polar surface area (TPSA) is 81.4 Å². The maximum atomic E-state index is 11.4. The van der Waals surface area contributed by atoms with Crippen LogP contribution in [0.4, 0.5) is 0 Å². The van der Waals surface area contributed by atoms with E-state index < -0.39 is 17.9 Å². The highest BCUT2D eigenvalue weighted by atomic mass is 16.5. The number of ether oxygens (including phenoxy) is 1. The lowest BCUT2D eigenvalue weighted by atomic mass is 9.96. The zero-order chi connectivity index (χ0) is 14.5. The van der Waals surface area contributed by atoms with Gasteiger partial charge in [0.05, 0.1) is 18.8 Å². The van der Waals surface area contributed by atoms with Gasteiger partial charge in [0.2, 0.25) is 0 Å². The Morgan fingerprint density at radius 3 is 2.75 bits per heavy atom. The molecule has 20 heavy (non-hydrogen) atoms. The van der Waals surface area contributed by atoms with E-state index in [-0.39, 0.29) is 6.42 Å². The summed E-state index contributed by atoms with van der Waals surface area (Å²) in [5, 5.41) is 13.5. The average molecular weight is 280 g/mol. The van der Waals surface area contributed by atoms with Crippen molar-refractivity contribution in [1.29, 1.82) is 0 Å². The first-order valence-corrected chi connectivity index (χ1v) is 6.96. The van der Waals surface area contributed by atoms with Gasteiger partial charge in [-0.2, -0.15) is 5.10 Å². The molecule has 0 aliphatic heterocycles. The van der Waals surface area contributed by atoms with Gasteiger partial charge in [-0.05, 0) is 18.9 Å². The minimum Gasteiger partial charge on any atom is -0.481 e. The third-order valence-electron chi connectivity index (χ3n) is 3.81. The molecule has 1 aromatic rings. The van der Waals surface area contributed by atoms with Crippen LogP contribution in [0.1, 0.15) is 43.8 Å². The third kappa shape index (κ3) is 3.37. The number of carbonyl (C=O) groups is 2. The van der Waals surface area contributed by atoms with Crippen molar-refractivity contribution in [3.8, 4) is 0 Å². The normalized spacial score (nSPS) is 17.6. The van der Waals surface area contributed by atoms with E-state index in [2.05, 4.69) is 9.84 Å². The predicted molar refractivity (Wildman–Crippen MR) is 71.2 cm³/mol. The fourth-order valence-corrected chi connectivity index (χ4v) is 2.66. The fourth-order valence-electron chi connectivity index (χ4n) is 2.66. The number of esters is 1. The van der Waals surface area contributed by atoms with E-state index in [9.17, 15) is 9.59 Å². The van der Waals surface area contributed by atoms with Gasteiger partial charge in [-0.25, -0.2) is 0 Å². The van der Waals surface area contributed by atoms with Crippen molar-refractivity contribution in [2.45, 2.75) is 44.6 Å². The summed E-state index contributed by atoms with van der Waals surface area (Å²) >= 11 is 0. The molecule has 6 heteroatoms. The number of carboxylic acid groups (broad SMARTS) is 1. The average Bonchev–Trinajstić information content (AvgIpc) is 2.93. The molecule has 0 radical (unpaired) electrons. The predicted octanol–water partition coefficient (Wildman–Crippen LogP) is 1.80. The van der Waals surface area contributed by atoms with Gasteiger partial charge in [0.1, 0.15) is 0 Å². The van der Waals surface area contributed by atoms with Crippen LogP contribution in [0.15, 0.2) is 12.3 Å². The number of rotatable bonds is 5. The first-order valence-electron chi connectivity index (χ1n) is 6.96. The largest absolute Gasteiger partial charge is 0.481 e. The molecular weight excluding hydrogens is 260 g/mol. The van der Waals surface area contributed by atoms with E-state index in [1.165, 1.54) is 26.4 Å². The van der Waals surface area contributed by atoms with Crippen LogP contribution >= 0.6 is 0 Å². The van der Waals surface area contributed by atoms with Crippen LogP contribution in [0.5, 0.6) is 0 Å². The molecule has 1 aliphatic carbocycles. The minimum atomic E-state index is -1.19. The van der Waals surface area contributed by atoms with Gasteiger partial charge in [0, 0.05) is 12.6 Å². The number of hydrogen-bond donors (Lipinski definition) is 1. The molecule has 110 valence electrons. The van der Waals surface area contributed by atoms with Crippen molar-refractivity contribution in [2.24, 2.45) is 5.92 Å². The standard InChI is InChI=1S/C14H20N2O4/c1-20-14(19)12(13(17)18)9-10-7-8-16(15-10)11-5-3-2-4-6-11/h7-8,11-12H,2-6,9H2,1H3,(H,17,18). The van der Waals surface area contributed by atoms with Crippen LogP contribution < -0.4 is 0 Å². The molecule has 1 aliphatic rings. The highest BCUT2D eigenvalue weighted by Gasteiger charge is 2.28. The van der Waals surface area contributed by atoms with Crippen molar-refractivity contribution in [2.75, 3.05) is 7.11 Å². The highest BCUT2D eigenvalue weighted by molar-refractivity contribution is 5.94. The Morgan fingerprint density at radius 1 is 1.45 bits per heavy atom. The number of nitrogens with zero attached hydrogens (tertiary/aromatic N) is 2. The summed E-state index contributed by atoms with van der Waals surface area (Å²) in [4.78, 5) is 22.5. The Kier molecular flexibility index (Phi) is 4.76. The van der Waals surface area contributed by atoms with Gasteiger partial charge in [-0.15, -0.1) is 0 Å². The maximum absolute atomic E-state index is 11.4. The fraction of sp³-hybridized carbons (Fsp3) is 0.643. The molecule has 0 amide bonds. The van der Waals surface area contributed by atoms with E-state index in [0.29, 0.717) is 11.7 Å². The van der Waals surface area contributed by atoms with E-state index >= 15 is 0 Å². The first kappa shape index (κ1) is 14.6. The summed E-state index contributed by atoms with van der Waals surface area (Å²) in [6, 6.07) is 2.19. The molecule has 0 spiro atoms. The summed E-state index contributed by atoms with van der Waals surface area (Å²) < 4.78 is 6.42. The van der Waals surface area contributed by atoms with Gasteiger partial charge in [-0.3, -0.25) is 14.3 Å². The highest BCUT2D eigenvalue weighted by Crippen LogP contribution is 2.27. The summed E-state index contributed by atoms with van der Waals surface area (Å²) in [6.07, 6.45) is 7.86. The lowest BCUT2D eigenvalue weighted by Gasteiger charge is -2.21. The minimum absolute atomic E-state index is 0.0712. The smallest absolute Gasteiger partial charge is 0.320 e. The zero-order valence-electron chi connectivity index (χ0n) is 11.6. The molecule has 0 bridgehead atoms. The van der Waals surface area contributed by atoms with E-state index in [4.69, 9.17) is 5.11 Å². The van der Waals surface area contributed by atoms with Crippen molar-refractivity contribution in [3.05, 3.63) is 18.0 Å². The zero-order valence-corrected chi connectivity index (χ0v) is 11.6. The number of methoxy groups -OCH3 is 1. The molecule has 0 saturated heterocycles. The van der Waals surface area contributed by atoms with Gasteiger partial charge in [0.15, 0.2) is 5.92 Å². The third-order valence-corrected chi connectivity index (χ3v) is 3.81. The Balaban J connectivity index is 2.04. The monoisotopic (exact) mass is 280 g/mol. The van der Waals surface area contributed by atoms with E-state index in [0.717, 1.165) is 12.8 Å². The second-order valence-corrected chi connectivity index (χ2v) is 5.20. The van der Waals surface area contributed by atoms with Crippen LogP contribution in [0.2, 0.25) is 0 Å². The summed E-state index contributed by atoms with van der Waals surface area (Å²) in [5.41, 5.74) is 0.619. The summed E-state index contributed by atoms with van der Waals surface area (Å²) in [5.74, 6) is -3.09. The second kappa shape index (κ2) is 6.54. The molecule has 1 aromatic heterocycles. The lowest BCUT2D eigenvalue weighted by molar-refractivity contribution is -0.156.